The van der Waals surface area contributed by atoms with Crippen molar-refractivity contribution >= 4 is 27.4 Å². The van der Waals surface area contributed by atoms with E-state index in [0.717, 1.165) is 29.6 Å². The Bertz CT molecular complexity index is 613. The van der Waals surface area contributed by atoms with Gasteiger partial charge in [-0.15, -0.1) is 11.3 Å². The lowest BCUT2D eigenvalue weighted by atomic mass is 10.1. The molecule has 1 N–H and O–H groups in total. The van der Waals surface area contributed by atoms with Crippen LogP contribution in [-0.2, 0) is 0 Å². The maximum atomic E-state index is 4.71. The number of likely N-dealkylation sites (N-methyl/N-ethyl adjacent to an activating group) is 1. The number of hydrogen-bond acceptors (Lipinski definition) is 5. The smallest absolute Gasteiger partial charge is 0.141 e. The van der Waals surface area contributed by atoms with E-state index in [1.807, 2.05) is 6.92 Å². The monoisotopic (exact) mass is 276 g/mol. The van der Waals surface area contributed by atoms with Gasteiger partial charge in [0, 0.05) is 24.5 Å². The lowest BCUT2D eigenvalue weighted by molar-refractivity contribution is 0.678. The van der Waals surface area contributed by atoms with E-state index in [-0.39, 0.29) is 0 Å². The zero-order chi connectivity index (χ0) is 13.6. The molecule has 1 aliphatic rings. The maximum absolute atomic E-state index is 4.71. The van der Waals surface area contributed by atoms with E-state index < -0.39 is 0 Å². The largest absolute Gasteiger partial charge is 0.355 e. The summed E-state index contributed by atoms with van der Waals surface area (Å²) in [6.07, 6.45) is 1.18. The van der Waals surface area contributed by atoms with Crippen LogP contribution in [0, 0.1) is 20.8 Å². The van der Waals surface area contributed by atoms with Gasteiger partial charge in [0.15, 0.2) is 0 Å². The van der Waals surface area contributed by atoms with Crippen LogP contribution in [0.1, 0.15) is 22.7 Å². The highest BCUT2D eigenvalue weighted by molar-refractivity contribution is 7.18. The minimum Gasteiger partial charge on any atom is -0.355 e. The first-order valence-electron chi connectivity index (χ1n) is 6.76. The van der Waals surface area contributed by atoms with Crippen molar-refractivity contribution in [3.63, 3.8) is 0 Å². The van der Waals surface area contributed by atoms with Crippen molar-refractivity contribution in [2.24, 2.45) is 0 Å². The Balaban J connectivity index is 2.15. The number of aryl methyl sites for hydroxylation is 3. The summed E-state index contributed by atoms with van der Waals surface area (Å²) in [7, 11) is 2.16. The Morgan fingerprint density at radius 3 is 2.74 bits per heavy atom. The third-order valence-corrected chi connectivity index (χ3v) is 5.14. The molecular weight excluding hydrogens is 256 g/mol. The molecule has 3 rings (SSSR count). The molecular formula is C14H20N4S. The molecule has 2 aromatic rings. The van der Waals surface area contributed by atoms with E-state index in [9.17, 15) is 0 Å². The van der Waals surface area contributed by atoms with Gasteiger partial charge in [0.05, 0.1) is 5.39 Å². The van der Waals surface area contributed by atoms with E-state index in [4.69, 9.17) is 4.98 Å². The van der Waals surface area contributed by atoms with Crippen molar-refractivity contribution < 1.29 is 0 Å². The number of aromatic nitrogens is 2. The van der Waals surface area contributed by atoms with Crippen LogP contribution in [0.5, 0.6) is 0 Å². The van der Waals surface area contributed by atoms with Gasteiger partial charge in [-0.2, -0.15) is 0 Å². The summed E-state index contributed by atoms with van der Waals surface area (Å²) < 4.78 is 0. The molecule has 1 aliphatic heterocycles. The highest BCUT2D eigenvalue weighted by atomic mass is 32.1. The molecule has 1 fully saturated rings. The molecule has 0 saturated carbocycles. The fourth-order valence-electron chi connectivity index (χ4n) is 2.73. The number of hydrogen-bond donors (Lipinski definition) is 1. The Labute approximate surface area is 117 Å². The van der Waals surface area contributed by atoms with E-state index >= 15 is 0 Å². The van der Waals surface area contributed by atoms with Gasteiger partial charge in [-0.3, -0.25) is 0 Å². The van der Waals surface area contributed by atoms with Gasteiger partial charge in [0.1, 0.15) is 16.5 Å². The zero-order valence-electron chi connectivity index (χ0n) is 11.9. The average Bonchev–Trinajstić information content (AvgIpc) is 2.97. The van der Waals surface area contributed by atoms with Crippen LogP contribution in [0.4, 0.5) is 5.82 Å². The summed E-state index contributed by atoms with van der Waals surface area (Å²) in [6.45, 7) is 8.47. The molecule has 0 bridgehead atoms. The number of nitrogens with one attached hydrogen (secondary N) is 1. The number of thiophene rings is 1. The highest BCUT2D eigenvalue weighted by Crippen LogP contribution is 2.35. The highest BCUT2D eigenvalue weighted by Gasteiger charge is 2.24. The maximum Gasteiger partial charge on any atom is 0.141 e. The van der Waals surface area contributed by atoms with Crippen LogP contribution in [0.25, 0.3) is 10.2 Å². The predicted octanol–water partition coefficient (Wildman–Crippen LogP) is 2.41. The lowest BCUT2D eigenvalue weighted by Gasteiger charge is -2.26. The molecule has 1 unspecified atom stereocenters. The topological polar surface area (TPSA) is 41.1 Å². The van der Waals surface area contributed by atoms with Crippen LogP contribution in [0.15, 0.2) is 0 Å². The second-order valence-corrected chi connectivity index (χ2v) is 6.52. The summed E-state index contributed by atoms with van der Waals surface area (Å²) in [6, 6.07) is 0.539. The first-order valence-corrected chi connectivity index (χ1v) is 7.57. The Hall–Kier alpha value is -1.20. The normalized spacial score (nSPS) is 19.3. The first kappa shape index (κ1) is 12.8. The van der Waals surface area contributed by atoms with E-state index in [2.05, 4.69) is 36.1 Å². The number of nitrogens with zero attached hydrogens (tertiary/aromatic N) is 3. The SMILES string of the molecule is Cc1nc(N(C)C2CCNC2)c2c(C)c(C)sc2n1. The predicted molar refractivity (Wildman–Crippen MR) is 81.3 cm³/mol. The average molecular weight is 276 g/mol. The molecule has 102 valence electrons. The van der Waals surface area contributed by atoms with Gasteiger partial charge >= 0.3 is 0 Å². The summed E-state index contributed by atoms with van der Waals surface area (Å²) in [5.74, 6) is 1.96. The van der Waals surface area contributed by atoms with Gasteiger partial charge < -0.3 is 10.2 Å². The van der Waals surface area contributed by atoms with Crippen LogP contribution in [-0.4, -0.2) is 36.1 Å². The van der Waals surface area contributed by atoms with Crippen LogP contribution in [0.2, 0.25) is 0 Å². The molecule has 0 radical (unpaired) electrons. The first-order chi connectivity index (χ1) is 9.08. The summed E-state index contributed by atoms with van der Waals surface area (Å²) in [5, 5.41) is 4.66. The van der Waals surface area contributed by atoms with Crippen molar-refractivity contribution in [3.8, 4) is 0 Å². The lowest BCUT2D eigenvalue weighted by Crippen LogP contribution is -2.34. The Kier molecular flexibility index (Phi) is 3.19. The number of fused-ring (bicyclic) bond motifs is 1. The molecule has 0 amide bonds. The van der Waals surface area contributed by atoms with Gasteiger partial charge in [-0.05, 0) is 39.3 Å². The fraction of sp³-hybridized carbons (Fsp3) is 0.571. The minimum atomic E-state index is 0.539. The molecule has 4 nitrogen and oxygen atoms in total. The number of rotatable bonds is 2. The van der Waals surface area contributed by atoms with Gasteiger partial charge in [0.2, 0.25) is 0 Å². The van der Waals surface area contributed by atoms with Crippen molar-refractivity contribution in [3.05, 3.63) is 16.3 Å². The molecule has 2 aromatic heterocycles. The van der Waals surface area contributed by atoms with Crippen molar-refractivity contribution in [2.75, 3.05) is 25.0 Å². The summed E-state index contributed by atoms with van der Waals surface area (Å²) in [5.41, 5.74) is 1.33. The van der Waals surface area contributed by atoms with Crippen molar-refractivity contribution in [1.82, 2.24) is 15.3 Å². The molecule has 0 aromatic carbocycles. The molecule has 3 heterocycles. The second-order valence-electron chi connectivity index (χ2n) is 5.32. The summed E-state index contributed by atoms with van der Waals surface area (Å²) >= 11 is 1.77. The van der Waals surface area contributed by atoms with E-state index in [1.165, 1.54) is 22.2 Å². The number of anilines is 1. The third kappa shape index (κ3) is 2.11. The van der Waals surface area contributed by atoms with Crippen LogP contribution < -0.4 is 10.2 Å². The Morgan fingerprint density at radius 1 is 1.26 bits per heavy atom. The molecule has 0 aliphatic carbocycles. The second kappa shape index (κ2) is 4.72. The van der Waals surface area contributed by atoms with Crippen LogP contribution in [0.3, 0.4) is 0 Å². The van der Waals surface area contributed by atoms with Crippen LogP contribution >= 0.6 is 11.3 Å². The van der Waals surface area contributed by atoms with Crippen molar-refractivity contribution in [2.45, 2.75) is 33.2 Å². The van der Waals surface area contributed by atoms with E-state index in [1.54, 1.807) is 11.3 Å². The minimum absolute atomic E-state index is 0.539. The molecule has 5 heteroatoms. The van der Waals surface area contributed by atoms with E-state index in [0.29, 0.717) is 6.04 Å². The standard InChI is InChI=1S/C14H20N4S/c1-8-9(2)19-14-12(8)13(16-10(3)17-14)18(4)11-5-6-15-7-11/h11,15H,5-7H2,1-4H3. The quantitative estimate of drug-likeness (QED) is 0.914. The van der Waals surface area contributed by atoms with Gasteiger partial charge in [0.25, 0.3) is 0 Å². The zero-order valence-corrected chi connectivity index (χ0v) is 12.8. The molecule has 1 atom stereocenters. The molecule has 0 spiro atoms. The van der Waals surface area contributed by atoms with Gasteiger partial charge in [-0.25, -0.2) is 9.97 Å². The Morgan fingerprint density at radius 2 is 2.05 bits per heavy atom. The third-order valence-electron chi connectivity index (χ3n) is 4.04. The molecule has 19 heavy (non-hydrogen) atoms. The molecule has 1 saturated heterocycles. The van der Waals surface area contributed by atoms with Crippen molar-refractivity contribution in [1.29, 1.82) is 0 Å². The fourth-order valence-corrected chi connectivity index (χ4v) is 3.80. The summed E-state index contributed by atoms with van der Waals surface area (Å²) in [4.78, 5) is 14.1. The van der Waals surface area contributed by atoms with Gasteiger partial charge in [-0.1, -0.05) is 0 Å².